The number of piperazine rings is 1. The summed E-state index contributed by atoms with van der Waals surface area (Å²) in [6, 6.07) is 12.0. The highest BCUT2D eigenvalue weighted by Crippen LogP contribution is 2.16. The van der Waals surface area contributed by atoms with E-state index in [1.165, 1.54) is 17.3 Å². The van der Waals surface area contributed by atoms with Gasteiger partial charge in [-0.05, 0) is 19.4 Å². The number of carbonyl (C=O) groups is 2. The Labute approximate surface area is 169 Å². The first-order valence-corrected chi connectivity index (χ1v) is 10.5. The van der Waals surface area contributed by atoms with E-state index in [9.17, 15) is 9.59 Å². The van der Waals surface area contributed by atoms with Crippen molar-refractivity contribution in [2.75, 3.05) is 37.2 Å². The molecule has 1 aromatic heterocycles. The molecule has 0 radical (unpaired) electrons. The zero-order valence-corrected chi connectivity index (χ0v) is 17.1. The molecule has 8 heteroatoms. The summed E-state index contributed by atoms with van der Waals surface area (Å²) in [4.78, 5) is 28.9. The Bertz CT molecular complexity index is 788. The Hall–Kier alpha value is -2.32. The molecule has 2 heterocycles. The summed E-state index contributed by atoms with van der Waals surface area (Å²) in [6.45, 7) is 7.66. The minimum Gasteiger partial charge on any atom is -0.360 e. The third-order valence-electron chi connectivity index (χ3n) is 4.68. The number of amides is 2. The van der Waals surface area contributed by atoms with E-state index in [0.29, 0.717) is 17.3 Å². The Kier molecular flexibility index (Phi) is 7.11. The maximum atomic E-state index is 12.5. The molecular weight excluding hydrogens is 376 g/mol. The highest BCUT2D eigenvalue weighted by atomic mass is 32.2. The van der Waals surface area contributed by atoms with Gasteiger partial charge in [-0.3, -0.25) is 14.5 Å². The predicted molar refractivity (Wildman–Crippen MR) is 110 cm³/mol. The maximum Gasteiger partial charge on any atom is 0.238 e. The van der Waals surface area contributed by atoms with Gasteiger partial charge < -0.3 is 14.7 Å². The fourth-order valence-corrected chi connectivity index (χ4v) is 3.80. The summed E-state index contributed by atoms with van der Waals surface area (Å²) in [5.41, 5.74) is 1.29. The van der Waals surface area contributed by atoms with Crippen molar-refractivity contribution >= 4 is 29.4 Å². The van der Waals surface area contributed by atoms with Crippen molar-refractivity contribution in [3.05, 3.63) is 47.7 Å². The number of rotatable bonds is 7. The predicted octanol–water partition coefficient (Wildman–Crippen LogP) is 2.39. The van der Waals surface area contributed by atoms with Crippen molar-refractivity contribution in [2.45, 2.75) is 25.6 Å². The van der Waals surface area contributed by atoms with Gasteiger partial charge in [0.15, 0.2) is 5.82 Å². The molecule has 1 fully saturated rings. The van der Waals surface area contributed by atoms with E-state index in [0.717, 1.165) is 32.7 Å². The summed E-state index contributed by atoms with van der Waals surface area (Å²) >= 11 is 1.34. The Balaban J connectivity index is 1.37. The molecule has 0 aliphatic carbocycles. The fraction of sp³-hybridized carbons (Fsp3) is 0.450. The topological polar surface area (TPSA) is 78.7 Å². The zero-order chi connectivity index (χ0) is 19.9. The summed E-state index contributed by atoms with van der Waals surface area (Å²) in [5.74, 6) is 1.23. The van der Waals surface area contributed by atoms with Gasteiger partial charge in [-0.1, -0.05) is 35.5 Å². The first-order valence-electron chi connectivity index (χ1n) is 9.41. The van der Waals surface area contributed by atoms with Crippen molar-refractivity contribution in [2.24, 2.45) is 0 Å². The summed E-state index contributed by atoms with van der Waals surface area (Å²) in [6.07, 6.45) is 0. The SMILES string of the molecule is Cc1cc(NC(=O)C(C)SCC(=O)N2CCN(Cc3ccccc3)CC2)no1. The number of aromatic nitrogens is 1. The molecule has 3 rings (SSSR count). The van der Waals surface area contributed by atoms with Crippen LogP contribution < -0.4 is 5.32 Å². The Morgan fingerprint density at radius 2 is 1.93 bits per heavy atom. The molecule has 150 valence electrons. The monoisotopic (exact) mass is 402 g/mol. The lowest BCUT2D eigenvalue weighted by Crippen LogP contribution is -2.49. The second-order valence-electron chi connectivity index (χ2n) is 6.91. The van der Waals surface area contributed by atoms with Crippen molar-refractivity contribution in [3.63, 3.8) is 0 Å². The van der Waals surface area contributed by atoms with E-state index in [1.807, 2.05) is 23.1 Å². The smallest absolute Gasteiger partial charge is 0.238 e. The van der Waals surface area contributed by atoms with Gasteiger partial charge in [-0.15, -0.1) is 11.8 Å². The van der Waals surface area contributed by atoms with Crippen LogP contribution in [0.15, 0.2) is 40.9 Å². The Morgan fingerprint density at radius 3 is 2.57 bits per heavy atom. The molecule has 1 N–H and O–H groups in total. The highest BCUT2D eigenvalue weighted by Gasteiger charge is 2.23. The van der Waals surface area contributed by atoms with E-state index in [2.05, 4.69) is 27.5 Å². The second kappa shape index (κ2) is 9.75. The molecule has 1 atom stereocenters. The number of anilines is 1. The van der Waals surface area contributed by atoms with Gasteiger partial charge >= 0.3 is 0 Å². The third-order valence-corrected chi connectivity index (χ3v) is 5.81. The molecule has 0 spiro atoms. The molecule has 1 saturated heterocycles. The van der Waals surface area contributed by atoms with Crippen LogP contribution in [0.1, 0.15) is 18.2 Å². The van der Waals surface area contributed by atoms with Crippen LogP contribution in [0.3, 0.4) is 0 Å². The van der Waals surface area contributed by atoms with Crippen LogP contribution in [0.5, 0.6) is 0 Å². The second-order valence-corrected chi connectivity index (χ2v) is 8.24. The lowest BCUT2D eigenvalue weighted by Gasteiger charge is -2.34. The summed E-state index contributed by atoms with van der Waals surface area (Å²) in [7, 11) is 0. The number of thioether (sulfide) groups is 1. The van der Waals surface area contributed by atoms with Crippen LogP contribution >= 0.6 is 11.8 Å². The molecule has 28 heavy (non-hydrogen) atoms. The molecule has 2 aromatic rings. The van der Waals surface area contributed by atoms with Gasteiger partial charge in [0.05, 0.1) is 11.0 Å². The largest absolute Gasteiger partial charge is 0.360 e. The minimum absolute atomic E-state index is 0.0845. The normalized spacial score (nSPS) is 16.0. The minimum atomic E-state index is -0.347. The van der Waals surface area contributed by atoms with Gasteiger partial charge in [0, 0.05) is 38.8 Å². The molecule has 1 aliphatic heterocycles. The first-order chi connectivity index (χ1) is 13.5. The van der Waals surface area contributed by atoms with Gasteiger partial charge in [0.1, 0.15) is 5.76 Å². The molecule has 1 unspecified atom stereocenters. The summed E-state index contributed by atoms with van der Waals surface area (Å²) in [5, 5.41) is 6.10. The van der Waals surface area contributed by atoms with Crippen LogP contribution in [-0.4, -0.2) is 64.0 Å². The number of carbonyl (C=O) groups excluding carboxylic acids is 2. The van der Waals surface area contributed by atoms with E-state index in [-0.39, 0.29) is 17.1 Å². The van der Waals surface area contributed by atoms with E-state index in [4.69, 9.17) is 4.52 Å². The number of aryl methyl sites for hydroxylation is 1. The zero-order valence-electron chi connectivity index (χ0n) is 16.3. The highest BCUT2D eigenvalue weighted by molar-refractivity contribution is 8.01. The van der Waals surface area contributed by atoms with Gasteiger partial charge in [-0.2, -0.15) is 0 Å². The van der Waals surface area contributed by atoms with Gasteiger partial charge in [0.2, 0.25) is 11.8 Å². The fourth-order valence-electron chi connectivity index (χ4n) is 3.01. The molecule has 7 nitrogen and oxygen atoms in total. The van der Waals surface area contributed by atoms with Crippen LogP contribution in [-0.2, 0) is 16.1 Å². The number of hydrogen-bond donors (Lipinski definition) is 1. The van der Waals surface area contributed by atoms with Crippen molar-refractivity contribution < 1.29 is 14.1 Å². The number of hydrogen-bond acceptors (Lipinski definition) is 6. The van der Waals surface area contributed by atoms with Crippen molar-refractivity contribution in [3.8, 4) is 0 Å². The van der Waals surface area contributed by atoms with Crippen molar-refractivity contribution in [1.82, 2.24) is 15.0 Å². The van der Waals surface area contributed by atoms with Crippen LogP contribution in [0, 0.1) is 6.92 Å². The molecular formula is C20H26N4O3S. The Morgan fingerprint density at radius 1 is 1.21 bits per heavy atom. The van der Waals surface area contributed by atoms with Crippen molar-refractivity contribution in [1.29, 1.82) is 0 Å². The van der Waals surface area contributed by atoms with E-state index in [1.54, 1.807) is 19.9 Å². The number of nitrogens with one attached hydrogen (secondary N) is 1. The quantitative estimate of drug-likeness (QED) is 0.766. The molecule has 1 aromatic carbocycles. The first kappa shape index (κ1) is 20.4. The molecule has 2 amide bonds. The van der Waals surface area contributed by atoms with E-state index < -0.39 is 0 Å². The van der Waals surface area contributed by atoms with Crippen LogP contribution in [0.4, 0.5) is 5.82 Å². The average molecular weight is 403 g/mol. The van der Waals surface area contributed by atoms with Gasteiger partial charge in [0.25, 0.3) is 0 Å². The molecule has 0 saturated carbocycles. The summed E-state index contributed by atoms with van der Waals surface area (Å²) < 4.78 is 4.93. The van der Waals surface area contributed by atoms with Gasteiger partial charge in [-0.25, -0.2) is 0 Å². The average Bonchev–Trinajstić information content (AvgIpc) is 3.11. The van der Waals surface area contributed by atoms with Crippen LogP contribution in [0.25, 0.3) is 0 Å². The molecule has 0 bridgehead atoms. The third kappa shape index (κ3) is 5.84. The standard InChI is InChI=1S/C20H26N4O3S/c1-15-12-18(22-27-15)21-20(26)16(2)28-14-19(25)24-10-8-23(9-11-24)13-17-6-4-3-5-7-17/h3-7,12,16H,8-11,13-14H2,1-2H3,(H,21,22,26). The van der Waals surface area contributed by atoms with Crippen LogP contribution in [0.2, 0.25) is 0 Å². The lowest BCUT2D eigenvalue weighted by molar-refractivity contribution is -0.130. The lowest BCUT2D eigenvalue weighted by atomic mass is 10.2. The molecule has 1 aliphatic rings. The van der Waals surface area contributed by atoms with E-state index >= 15 is 0 Å². The number of nitrogens with zero attached hydrogens (tertiary/aromatic N) is 3. The maximum absolute atomic E-state index is 12.5. The number of benzene rings is 1.